The van der Waals surface area contributed by atoms with Crippen molar-refractivity contribution in [1.29, 1.82) is 0 Å². The van der Waals surface area contributed by atoms with Crippen LogP contribution in [0.3, 0.4) is 0 Å². The molecule has 1 amide bonds. The third-order valence-corrected chi connectivity index (χ3v) is 6.38. The lowest BCUT2D eigenvalue weighted by Crippen LogP contribution is -2.34. The highest BCUT2D eigenvalue weighted by Crippen LogP contribution is 2.41. The number of amides is 1. The standard InChI is InChI=1S/C28H29F3N2O3/c1-3-20(32-17(2)34)14-18-8-11-21(12-9-18)36-26-13-10-19(16-24(26)28(29,30)31)15-23-22-6-4-5-7-25(22)33-27(23)35/h4-13,16,20,23,27,33,35H,3,14-15H2,1-2H3,(H,32,34). The summed E-state index contributed by atoms with van der Waals surface area (Å²) < 4.78 is 47.4. The Morgan fingerprint density at radius 2 is 1.78 bits per heavy atom. The summed E-state index contributed by atoms with van der Waals surface area (Å²) in [5.41, 5.74) is 2.20. The van der Waals surface area contributed by atoms with E-state index in [0.29, 0.717) is 12.0 Å². The third kappa shape index (κ3) is 5.99. The first-order chi connectivity index (χ1) is 17.1. The summed E-state index contributed by atoms with van der Waals surface area (Å²) in [5, 5.41) is 16.3. The quantitative estimate of drug-likeness (QED) is 0.355. The van der Waals surface area contributed by atoms with Crippen LogP contribution in [0.5, 0.6) is 11.5 Å². The number of alkyl halides is 3. The maximum Gasteiger partial charge on any atom is 0.419 e. The number of ether oxygens (including phenoxy) is 1. The van der Waals surface area contributed by atoms with Gasteiger partial charge in [-0.25, -0.2) is 0 Å². The molecule has 1 heterocycles. The SMILES string of the molecule is CCC(Cc1ccc(Oc2ccc(CC3c4ccccc4NC3O)cc2C(F)(F)F)cc1)NC(C)=O. The molecule has 8 heteroatoms. The molecular weight excluding hydrogens is 469 g/mol. The van der Waals surface area contributed by atoms with Crippen LogP contribution in [0.2, 0.25) is 0 Å². The van der Waals surface area contributed by atoms with Crippen molar-refractivity contribution < 1.29 is 27.8 Å². The molecule has 5 nitrogen and oxygen atoms in total. The number of aliphatic hydroxyl groups excluding tert-OH is 1. The predicted octanol–water partition coefficient (Wildman–Crippen LogP) is 6.03. The van der Waals surface area contributed by atoms with Crippen LogP contribution in [0.25, 0.3) is 0 Å². The van der Waals surface area contributed by atoms with E-state index in [0.717, 1.165) is 29.3 Å². The van der Waals surface area contributed by atoms with Gasteiger partial charge in [-0.15, -0.1) is 0 Å². The molecule has 0 aliphatic carbocycles. The average Bonchev–Trinajstić information content (AvgIpc) is 3.14. The van der Waals surface area contributed by atoms with Crippen molar-refractivity contribution in [1.82, 2.24) is 5.32 Å². The molecule has 0 saturated carbocycles. The smallest absolute Gasteiger partial charge is 0.419 e. The topological polar surface area (TPSA) is 70.6 Å². The number of fused-ring (bicyclic) bond motifs is 1. The number of hydrogen-bond donors (Lipinski definition) is 3. The van der Waals surface area contributed by atoms with E-state index in [2.05, 4.69) is 10.6 Å². The van der Waals surface area contributed by atoms with Crippen LogP contribution in [-0.2, 0) is 23.8 Å². The summed E-state index contributed by atoms with van der Waals surface area (Å²) in [4.78, 5) is 11.3. The Morgan fingerprint density at radius 3 is 2.44 bits per heavy atom. The van der Waals surface area contributed by atoms with Crippen LogP contribution in [-0.4, -0.2) is 23.3 Å². The summed E-state index contributed by atoms with van der Waals surface area (Å²) in [6.07, 6.45) is -3.86. The Labute approximate surface area is 208 Å². The highest BCUT2D eigenvalue weighted by atomic mass is 19.4. The summed E-state index contributed by atoms with van der Waals surface area (Å²) in [5.74, 6) is -0.457. The number of rotatable bonds is 8. The second-order valence-electron chi connectivity index (χ2n) is 9.07. The van der Waals surface area contributed by atoms with Crippen molar-refractivity contribution in [3.8, 4) is 11.5 Å². The average molecular weight is 499 g/mol. The lowest BCUT2D eigenvalue weighted by Gasteiger charge is -2.19. The molecule has 3 N–H and O–H groups in total. The number of aliphatic hydroxyl groups is 1. The zero-order chi connectivity index (χ0) is 25.9. The van der Waals surface area contributed by atoms with E-state index < -0.39 is 18.0 Å². The van der Waals surface area contributed by atoms with Gasteiger partial charge in [-0.05, 0) is 66.3 Å². The lowest BCUT2D eigenvalue weighted by molar-refractivity contribution is -0.138. The molecule has 0 spiro atoms. The van der Waals surface area contributed by atoms with Gasteiger partial charge in [0.2, 0.25) is 5.91 Å². The summed E-state index contributed by atoms with van der Waals surface area (Å²) in [6, 6.07) is 18.2. The first kappa shape index (κ1) is 25.6. The fourth-order valence-corrected chi connectivity index (χ4v) is 4.56. The highest BCUT2D eigenvalue weighted by Gasteiger charge is 2.36. The zero-order valence-electron chi connectivity index (χ0n) is 20.1. The molecule has 36 heavy (non-hydrogen) atoms. The maximum absolute atomic E-state index is 13.9. The minimum absolute atomic E-state index is 0.0146. The van der Waals surface area contributed by atoms with Crippen molar-refractivity contribution in [3.63, 3.8) is 0 Å². The summed E-state index contributed by atoms with van der Waals surface area (Å²) in [6.45, 7) is 3.44. The summed E-state index contributed by atoms with van der Waals surface area (Å²) in [7, 11) is 0. The fourth-order valence-electron chi connectivity index (χ4n) is 4.56. The number of carbonyl (C=O) groups excluding carboxylic acids is 1. The second-order valence-corrected chi connectivity index (χ2v) is 9.07. The minimum atomic E-state index is -4.61. The first-order valence-corrected chi connectivity index (χ1v) is 11.9. The lowest BCUT2D eigenvalue weighted by atomic mass is 9.91. The summed E-state index contributed by atoms with van der Waals surface area (Å²) >= 11 is 0. The van der Waals surface area contributed by atoms with Crippen LogP contribution in [0.4, 0.5) is 18.9 Å². The number of halogens is 3. The van der Waals surface area contributed by atoms with Crippen LogP contribution < -0.4 is 15.4 Å². The molecule has 3 aromatic rings. The van der Waals surface area contributed by atoms with Gasteiger partial charge in [0, 0.05) is 24.6 Å². The Morgan fingerprint density at radius 1 is 1.08 bits per heavy atom. The van der Waals surface area contributed by atoms with E-state index in [-0.39, 0.29) is 35.8 Å². The van der Waals surface area contributed by atoms with Gasteiger partial charge >= 0.3 is 6.18 Å². The van der Waals surface area contributed by atoms with Crippen molar-refractivity contribution in [2.24, 2.45) is 0 Å². The van der Waals surface area contributed by atoms with E-state index in [9.17, 15) is 23.1 Å². The van der Waals surface area contributed by atoms with E-state index in [1.54, 1.807) is 30.3 Å². The van der Waals surface area contributed by atoms with Gasteiger partial charge in [-0.1, -0.05) is 43.3 Å². The number of carbonyl (C=O) groups is 1. The van der Waals surface area contributed by atoms with E-state index in [1.807, 2.05) is 31.2 Å². The molecule has 1 aliphatic heterocycles. The molecule has 4 rings (SSSR count). The van der Waals surface area contributed by atoms with Gasteiger partial charge in [0.05, 0.1) is 5.56 Å². The van der Waals surface area contributed by atoms with E-state index in [1.165, 1.54) is 13.0 Å². The van der Waals surface area contributed by atoms with Gasteiger partial charge in [0.25, 0.3) is 0 Å². The molecular formula is C28H29F3N2O3. The van der Waals surface area contributed by atoms with Crippen molar-refractivity contribution >= 4 is 11.6 Å². The molecule has 3 atom stereocenters. The number of benzene rings is 3. The predicted molar refractivity (Wildman–Crippen MR) is 132 cm³/mol. The Hall–Kier alpha value is -3.52. The number of para-hydroxylation sites is 1. The molecule has 0 bridgehead atoms. The molecule has 1 aliphatic rings. The van der Waals surface area contributed by atoms with Gasteiger partial charge in [-0.3, -0.25) is 4.79 Å². The van der Waals surface area contributed by atoms with E-state index in [4.69, 9.17) is 4.74 Å². The Balaban J connectivity index is 1.51. The van der Waals surface area contributed by atoms with Crippen LogP contribution in [0.15, 0.2) is 66.7 Å². The fraction of sp³-hybridized carbons (Fsp3) is 0.321. The number of anilines is 1. The Bertz CT molecular complexity index is 1210. The van der Waals surface area contributed by atoms with E-state index >= 15 is 0 Å². The first-order valence-electron chi connectivity index (χ1n) is 11.9. The minimum Gasteiger partial charge on any atom is -0.457 e. The van der Waals surface area contributed by atoms with Crippen LogP contribution in [0, 0.1) is 0 Å². The van der Waals surface area contributed by atoms with Gasteiger partial charge < -0.3 is 20.5 Å². The Kier molecular flexibility index (Phi) is 7.54. The van der Waals surface area contributed by atoms with Gasteiger partial charge in [0.1, 0.15) is 17.7 Å². The van der Waals surface area contributed by atoms with Gasteiger partial charge in [-0.2, -0.15) is 13.2 Å². The third-order valence-electron chi connectivity index (χ3n) is 6.38. The maximum atomic E-state index is 13.9. The normalized spacial score (nSPS) is 17.7. The van der Waals surface area contributed by atoms with Crippen LogP contribution >= 0.6 is 0 Å². The number of nitrogens with one attached hydrogen (secondary N) is 2. The zero-order valence-corrected chi connectivity index (χ0v) is 20.1. The van der Waals surface area contributed by atoms with Crippen LogP contribution in [0.1, 0.15) is 48.4 Å². The number of hydrogen-bond acceptors (Lipinski definition) is 4. The molecule has 0 saturated heterocycles. The highest BCUT2D eigenvalue weighted by molar-refractivity contribution is 5.73. The molecule has 0 radical (unpaired) electrons. The second kappa shape index (κ2) is 10.6. The van der Waals surface area contributed by atoms with Crippen molar-refractivity contribution in [3.05, 3.63) is 89.0 Å². The largest absolute Gasteiger partial charge is 0.457 e. The van der Waals surface area contributed by atoms with Crippen molar-refractivity contribution in [2.75, 3.05) is 5.32 Å². The van der Waals surface area contributed by atoms with Crippen molar-refractivity contribution in [2.45, 2.75) is 57.5 Å². The molecule has 3 unspecified atom stereocenters. The molecule has 0 aromatic heterocycles. The molecule has 0 fully saturated rings. The van der Waals surface area contributed by atoms with Gasteiger partial charge in [0.15, 0.2) is 0 Å². The molecule has 3 aromatic carbocycles. The molecule has 190 valence electrons. The monoisotopic (exact) mass is 498 g/mol.